The number of hydrogen-bond donors (Lipinski definition) is 0. The van der Waals surface area contributed by atoms with E-state index in [1.165, 1.54) is 32.1 Å². The second kappa shape index (κ2) is 15.7. The first-order valence-electron chi connectivity index (χ1n) is 13.3. The lowest BCUT2D eigenvalue weighted by atomic mass is 9.94. The zero-order valence-electron chi connectivity index (χ0n) is 22.0. The molecule has 0 unspecified atom stereocenters. The van der Waals surface area contributed by atoms with E-state index >= 15 is 0 Å². The molecule has 0 N–H and O–H groups in total. The number of ether oxygens (including phenoxy) is 2. The number of carbonyl (C=O) groups is 4. The van der Waals surface area contributed by atoms with Gasteiger partial charge in [-0.25, -0.2) is 9.59 Å². The number of esters is 2. The fourth-order valence-corrected chi connectivity index (χ4v) is 4.69. The molecule has 0 saturated heterocycles. The van der Waals surface area contributed by atoms with Crippen molar-refractivity contribution in [2.75, 3.05) is 0 Å². The Balaban J connectivity index is 1.71. The van der Waals surface area contributed by atoms with Crippen LogP contribution in [0.15, 0.2) is 80.6 Å². The molecule has 0 radical (unpaired) electrons. The van der Waals surface area contributed by atoms with Crippen LogP contribution in [0.25, 0.3) is 0 Å². The van der Waals surface area contributed by atoms with Crippen LogP contribution in [0.5, 0.6) is 0 Å². The van der Waals surface area contributed by atoms with Gasteiger partial charge in [-0.3, -0.25) is 9.59 Å². The number of allylic oxidation sites excluding steroid dienone is 2. The number of benzene rings is 2. The average molecular weight is 660 g/mol. The van der Waals surface area contributed by atoms with Crippen molar-refractivity contribution in [2.24, 2.45) is 0 Å². The van der Waals surface area contributed by atoms with Crippen molar-refractivity contribution in [1.82, 2.24) is 0 Å². The van der Waals surface area contributed by atoms with Gasteiger partial charge in [-0.05, 0) is 61.4 Å². The molecule has 0 heterocycles. The van der Waals surface area contributed by atoms with Gasteiger partial charge < -0.3 is 9.47 Å². The van der Waals surface area contributed by atoms with Gasteiger partial charge >= 0.3 is 11.9 Å². The third kappa shape index (κ3) is 9.39. The molecule has 6 nitrogen and oxygen atoms in total. The van der Waals surface area contributed by atoms with Gasteiger partial charge in [-0.2, -0.15) is 0 Å². The van der Waals surface area contributed by atoms with Crippen LogP contribution < -0.4 is 0 Å². The highest BCUT2D eigenvalue weighted by Gasteiger charge is 2.33. The summed E-state index contributed by atoms with van der Waals surface area (Å²) in [5.41, 5.74) is 0.524. The van der Waals surface area contributed by atoms with Crippen molar-refractivity contribution >= 4 is 55.4 Å². The highest BCUT2D eigenvalue weighted by atomic mass is 79.9. The normalized spacial score (nSPS) is 13.4. The SMILES string of the molecule is CCCCCCCCCCCC1=C(OC(=O)c2ccc(Br)cc2)C(=O)C=C(OC(=O)c2ccc(Br)cc2)C1=O. The first-order chi connectivity index (χ1) is 18.8. The minimum Gasteiger partial charge on any atom is -0.419 e. The molecular weight excluding hydrogens is 628 g/mol. The van der Waals surface area contributed by atoms with Gasteiger partial charge in [0.25, 0.3) is 0 Å². The summed E-state index contributed by atoms with van der Waals surface area (Å²) < 4.78 is 12.4. The summed E-state index contributed by atoms with van der Waals surface area (Å²) >= 11 is 6.62. The molecule has 8 heteroatoms. The van der Waals surface area contributed by atoms with Crippen LogP contribution in [0.2, 0.25) is 0 Å². The molecule has 2 aromatic rings. The molecule has 0 aromatic heterocycles. The number of carbonyl (C=O) groups excluding carboxylic acids is 4. The molecule has 1 aliphatic carbocycles. The quantitative estimate of drug-likeness (QED) is 0.115. The molecule has 0 amide bonds. The standard InChI is InChI=1S/C31H32Br2O6/c1-2-3-4-5-6-7-8-9-10-11-25-28(35)27(38-30(36)21-12-16-23(32)17-13-21)20-26(34)29(25)39-31(37)22-14-18-24(33)19-15-22/h12-20H,2-11H2,1H3. The molecule has 0 aliphatic heterocycles. The van der Waals surface area contributed by atoms with Crippen molar-refractivity contribution in [3.63, 3.8) is 0 Å². The Morgan fingerprint density at radius 2 is 1.13 bits per heavy atom. The van der Waals surface area contributed by atoms with E-state index in [1.54, 1.807) is 48.5 Å². The molecule has 0 fully saturated rings. The lowest BCUT2D eigenvalue weighted by Gasteiger charge is -2.18. The third-order valence-electron chi connectivity index (χ3n) is 6.35. The van der Waals surface area contributed by atoms with Crippen LogP contribution >= 0.6 is 31.9 Å². The van der Waals surface area contributed by atoms with E-state index in [9.17, 15) is 19.2 Å². The van der Waals surface area contributed by atoms with Crippen LogP contribution in [-0.4, -0.2) is 23.5 Å². The molecule has 0 atom stereocenters. The van der Waals surface area contributed by atoms with Gasteiger partial charge in [0, 0.05) is 15.0 Å². The van der Waals surface area contributed by atoms with Crippen LogP contribution in [0, 0.1) is 0 Å². The molecular formula is C31H32Br2O6. The van der Waals surface area contributed by atoms with E-state index in [0.29, 0.717) is 6.42 Å². The largest absolute Gasteiger partial charge is 0.419 e. The highest BCUT2D eigenvalue weighted by molar-refractivity contribution is 9.10. The number of unbranched alkanes of at least 4 members (excludes halogenated alkanes) is 8. The second-order valence-electron chi connectivity index (χ2n) is 9.38. The van der Waals surface area contributed by atoms with Crippen LogP contribution in [-0.2, 0) is 19.1 Å². The summed E-state index contributed by atoms with van der Waals surface area (Å²) in [6.07, 6.45) is 10.9. The lowest BCUT2D eigenvalue weighted by molar-refractivity contribution is -0.119. The predicted molar refractivity (Wildman–Crippen MR) is 156 cm³/mol. The first kappa shape index (κ1) is 30.7. The summed E-state index contributed by atoms with van der Waals surface area (Å²) in [5, 5.41) is 0. The second-order valence-corrected chi connectivity index (χ2v) is 11.2. The summed E-state index contributed by atoms with van der Waals surface area (Å²) in [6.45, 7) is 2.19. The topological polar surface area (TPSA) is 86.7 Å². The smallest absolute Gasteiger partial charge is 0.343 e. The number of ketones is 2. The average Bonchev–Trinajstić information content (AvgIpc) is 2.92. The van der Waals surface area contributed by atoms with E-state index in [0.717, 1.165) is 34.3 Å². The summed E-state index contributed by atoms with van der Waals surface area (Å²) in [6, 6.07) is 12.9. The van der Waals surface area contributed by atoms with Crippen LogP contribution in [0.1, 0.15) is 91.8 Å². The minimum atomic E-state index is -0.757. The van der Waals surface area contributed by atoms with Gasteiger partial charge in [0.2, 0.25) is 11.6 Å². The van der Waals surface area contributed by atoms with Gasteiger partial charge in [0.15, 0.2) is 11.5 Å². The van der Waals surface area contributed by atoms with Crippen molar-refractivity contribution < 1.29 is 28.7 Å². The number of rotatable bonds is 14. The molecule has 206 valence electrons. The Labute approximate surface area is 246 Å². The summed E-state index contributed by atoms with van der Waals surface area (Å²) in [5.74, 6) is -3.50. The van der Waals surface area contributed by atoms with E-state index in [4.69, 9.17) is 9.47 Å². The minimum absolute atomic E-state index is 0.0505. The summed E-state index contributed by atoms with van der Waals surface area (Å²) in [4.78, 5) is 51.8. The van der Waals surface area contributed by atoms with Gasteiger partial charge in [-0.15, -0.1) is 0 Å². The molecule has 3 rings (SSSR count). The Bertz CT molecular complexity index is 1240. The first-order valence-corrected chi connectivity index (χ1v) is 14.9. The van der Waals surface area contributed by atoms with Crippen molar-refractivity contribution in [2.45, 2.75) is 71.1 Å². The fourth-order valence-electron chi connectivity index (χ4n) is 4.16. The van der Waals surface area contributed by atoms with E-state index in [-0.39, 0.29) is 34.6 Å². The zero-order chi connectivity index (χ0) is 28.2. The van der Waals surface area contributed by atoms with Crippen molar-refractivity contribution in [3.8, 4) is 0 Å². The molecule has 0 saturated carbocycles. The summed E-state index contributed by atoms with van der Waals surface area (Å²) in [7, 11) is 0. The Hall–Kier alpha value is -2.84. The van der Waals surface area contributed by atoms with Gasteiger partial charge in [-0.1, -0.05) is 90.2 Å². The van der Waals surface area contributed by atoms with E-state index in [2.05, 4.69) is 38.8 Å². The van der Waals surface area contributed by atoms with Crippen LogP contribution in [0.3, 0.4) is 0 Å². The monoisotopic (exact) mass is 658 g/mol. The Kier molecular flexibility index (Phi) is 12.3. The maximum Gasteiger partial charge on any atom is 0.343 e. The predicted octanol–water partition coefficient (Wildman–Crippen LogP) is 8.44. The maximum absolute atomic E-state index is 13.4. The molecule has 39 heavy (non-hydrogen) atoms. The molecule has 1 aliphatic rings. The van der Waals surface area contributed by atoms with Gasteiger partial charge in [0.05, 0.1) is 16.7 Å². The van der Waals surface area contributed by atoms with Gasteiger partial charge in [0.1, 0.15) is 0 Å². The van der Waals surface area contributed by atoms with Crippen molar-refractivity contribution in [1.29, 1.82) is 0 Å². The Morgan fingerprint density at radius 1 is 0.667 bits per heavy atom. The third-order valence-corrected chi connectivity index (χ3v) is 7.40. The van der Waals surface area contributed by atoms with E-state index in [1.807, 2.05) is 0 Å². The van der Waals surface area contributed by atoms with Crippen molar-refractivity contribution in [3.05, 3.63) is 91.8 Å². The molecule has 2 aromatic carbocycles. The molecule has 0 bridgehead atoms. The van der Waals surface area contributed by atoms with Crippen LogP contribution in [0.4, 0.5) is 0 Å². The molecule has 0 spiro atoms. The Morgan fingerprint density at radius 3 is 1.64 bits per heavy atom. The number of Topliss-reactive ketones (excluding diaryl/α,β-unsaturated/α-hetero) is 1. The number of halogens is 2. The lowest BCUT2D eigenvalue weighted by Crippen LogP contribution is -2.25. The fraction of sp³-hybridized carbons (Fsp3) is 0.355. The number of hydrogen-bond acceptors (Lipinski definition) is 6. The zero-order valence-corrected chi connectivity index (χ0v) is 25.1. The maximum atomic E-state index is 13.4. The highest BCUT2D eigenvalue weighted by Crippen LogP contribution is 2.28. The van der Waals surface area contributed by atoms with E-state index < -0.39 is 23.5 Å².